The van der Waals surface area contributed by atoms with Gasteiger partial charge in [-0.1, -0.05) is 0 Å². The maximum Gasteiger partial charge on any atom is 0.336 e. The maximum atomic E-state index is 11.2. The van der Waals surface area contributed by atoms with Crippen molar-refractivity contribution in [1.29, 1.82) is 0 Å². The van der Waals surface area contributed by atoms with E-state index in [1.807, 2.05) is 19.9 Å². The first-order chi connectivity index (χ1) is 9.49. The minimum Gasteiger partial charge on any atom is -0.484 e. The second kappa shape index (κ2) is 4.37. The van der Waals surface area contributed by atoms with Gasteiger partial charge in [-0.15, -0.1) is 0 Å². The summed E-state index contributed by atoms with van der Waals surface area (Å²) >= 11 is 0. The number of rotatable bonds is 2. The Hall–Kier alpha value is -2.30. The van der Waals surface area contributed by atoms with Crippen LogP contribution in [0.2, 0.25) is 0 Å². The molecule has 1 aromatic heterocycles. The lowest BCUT2D eigenvalue weighted by Gasteiger charge is -2.38. The van der Waals surface area contributed by atoms with Crippen molar-refractivity contribution < 1.29 is 18.7 Å². The van der Waals surface area contributed by atoms with Crippen molar-refractivity contribution in [3.8, 4) is 5.75 Å². The molecule has 1 aromatic carbocycles. The van der Waals surface area contributed by atoms with Crippen LogP contribution in [0.3, 0.4) is 0 Å². The van der Waals surface area contributed by atoms with E-state index >= 15 is 0 Å². The molecule has 20 heavy (non-hydrogen) atoms. The summed E-state index contributed by atoms with van der Waals surface area (Å²) in [5.74, 6) is 0.655. The van der Waals surface area contributed by atoms with Crippen LogP contribution in [0.4, 0.5) is 0 Å². The number of hydrogen-bond donors (Lipinski definition) is 0. The van der Waals surface area contributed by atoms with Gasteiger partial charge in [-0.2, -0.15) is 0 Å². The average molecular weight is 274 g/mol. The summed E-state index contributed by atoms with van der Waals surface area (Å²) < 4.78 is 16.1. The Bertz CT molecular complexity index is 729. The van der Waals surface area contributed by atoms with Crippen molar-refractivity contribution in [2.24, 2.45) is 0 Å². The Kier molecular flexibility index (Phi) is 2.78. The van der Waals surface area contributed by atoms with Gasteiger partial charge < -0.3 is 13.9 Å². The van der Waals surface area contributed by atoms with Gasteiger partial charge in [-0.3, -0.25) is 4.79 Å². The molecule has 0 saturated heterocycles. The van der Waals surface area contributed by atoms with E-state index < -0.39 is 11.2 Å². The molecule has 2 heterocycles. The minimum atomic E-state index is -0.628. The first-order valence-electron chi connectivity index (χ1n) is 6.34. The fourth-order valence-corrected chi connectivity index (χ4v) is 2.47. The quantitative estimate of drug-likeness (QED) is 0.619. The van der Waals surface area contributed by atoms with Gasteiger partial charge in [0.1, 0.15) is 23.0 Å². The van der Waals surface area contributed by atoms with E-state index in [9.17, 15) is 9.59 Å². The van der Waals surface area contributed by atoms with Crippen molar-refractivity contribution >= 4 is 17.4 Å². The SMILES string of the molecule is CC1(C)Oc2cc3oc(=O)ccc3cc2C[C@@H]1OC=O. The fourth-order valence-electron chi connectivity index (χ4n) is 2.47. The van der Waals surface area contributed by atoms with Crippen molar-refractivity contribution in [1.82, 2.24) is 0 Å². The van der Waals surface area contributed by atoms with E-state index in [0.29, 0.717) is 24.2 Å². The predicted molar refractivity (Wildman–Crippen MR) is 71.8 cm³/mol. The summed E-state index contributed by atoms with van der Waals surface area (Å²) in [5, 5.41) is 0.816. The zero-order valence-electron chi connectivity index (χ0n) is 11.2. The van der Waals surface area contributed by atoms with Gasteiger partial charge >= 0.3 is 5.63 Å². The molecule has 0 bridgehead atoms. The van der Waals surface area contributed by atoms with Crippen molar-refractivity contribution in [2.45, 2.75) is 32.0 Å². The fraction of sp³-hybridized carbons (Fsp3) is 0.333. The summed E-state index contributed by atoms with van der Waals surface area (Å²) in [6, 6.07) is 6.69. The van der Waals surface area contributed by atoms with E-state index in [2.05, 4.69) is 0 Å². The van der Waals surface area contributed by atoms with Crippen LogP contribution in [-0.2, 0) is 16.0 Å². The molecular weight excluding hydrogens is 260 g/mol. The van der Waals surface area contributed by atoms with Gasteiger partial charge in [0, 0.05) is 23.9 Å². The highest BCUT2D eigenvalue weighted by Gasteiger charge is 2.38. The summed E-state index contributed by atoms with van der Waals surface area (Å²) in [6.45, 7) is 4.16. The van der Waals surface area contributed by atoms with Crippen LogP contribution < -0.4 is 10.4 Å². The Morgan fingerprint density at radius 3 is 2.90 bits per heavy atom. The molecule has 5 nitrogen and oxygen atoms in total. The molecule has 0 spiro atoms. The van der Waals surface area contributed by atoms with Gasteiger partial charge in [0.05, 0.1) is 0 Å². The van der Waals surface area contributed by atoms with Crippen LogP contribution in [0.1, 0.15) is 19.4 Å². The molecule has 1 aliphatic rings. The zero-order chi connectivity index (χ0) is 14.3. The van der Waals surface area contributed by atoms with Gasteiger partial charge in [0.25, 0.3) is 6.47 Å². The Balaban J connectivity index is 2.11. The molecule has 0 saturated carbocycles. The highest BCUT2D eigenvalue weighted by Crippen LogP contribution is 2.36. The predicted octanol–water partition coefficient (Wildman–Crippen LogP) is 2.05. The third-order valence-electron chi connectivity index (χ3n) is 3.58. The number of carbonyl (C=O) groups excluding carboxylic acids is 1. The van der Waals surface area contributed by atoms with Crippen LogP contribution in [0.5, 0.6) is 5.75 Å². The van der Waals surface area contributed by atoms with Crippen molar-refractivity contribution in [2.75, 3.05) is 0 Å². The molecule has 3 rings (SSSR count). The molecule has 0 N–H and O–H groups in total. The average Bonchev–Trinajstić information content (AvgIpc) is 2.37. The largest absolute Gasteiger partial charge is 0.484 e. The first-order valence-corrected chi connectivity index (χ1v) is 6.34. The van der Waals surface area contributed by atoms with Crippen molar-refractivity contribution in [3.05, 3.63) is 40.2 Å². The molecule has 2 aromatic rings. The third kappa shape index (κ3) is 2.05. The normalized spacial score (nSPS) is 20.0. The molecule has 0 aliphatic carbocycles. The molecule has 5 heteroatoms. The van der Waals surface area contributed by atoms with Crippen LogP contribution in [-0.4, -0.2) is 18.2 Å². The topological polar surface area (TPSA) is 65.7 Å². The van der Waals surface area contributed by atoms with E-state index in [1.54, 1.807) is 12.1 Å². The zero-order valence-corrected chi connectivity index (χ0v) is 11.2. The Morgan fingerprint density at radius 1 is 1.35 bits per heavy atom. The third-order valence-corrected chi connectivity index (χ3v) is 3.58. The lowest BCUT2D eigenvalue weighted by molar-refractivity contribution is -0.145. The molecular formula is C15H14O5. The molecule has 0 unspecified atom stereocenters. The summed E-state index contributed by atoms with van der Waals surface area (Å²) in [6.07, 6.45) is 0.219. The first kappa shape index (κ1) is 12.7. The second-order valence-corrected chi connectivity index (χ2v) is 5.38. The number of hydrogen-bond acceptors (Lipinski definition) is 5. The number of ether oxygens (including phenoxy) is 2. The highest BCUT2D eigenvalue weighted by molar-refractivity contribution is 5.79. The number of benzene rings is 1. The van der Waals surface area contributed by atoms with Gasteiger partial charge in [-0.05, 0) is 31.5 Å². The Labute approximate surface area is 115 Å². The van der Waals surface area contributed by atoms with E-state index in [1.165, 1.54) is 6.07 Å². The maximum absolute atomic E-state index is 11.2. The smallest absolute Gasteiger partial charge is 0.336 e. The molecule has 0 amide bonds. The van der Waals surface area contributed by atoms with Crippen LogP contribution >= 0.6 is 0 Å². The van der Waals surface area contributed by atoms with Crippen LogP contribution in [0.15, 0.2) is 33.5 Å². The number of fused-ring (bicyclic) bond motifs is 2. The summed E-state index contributed by atoms with van der Waals surface area (Å²) in [7, 11) is 0. The standard InChI is InChI=1S/C15H14O5/c1-15(2)13(18-8-16)6-10-5-9-3-4-14(17)19-11(9)7-12(10)20-15/h3-5,7-8,13H,6H2,1-2H3/t13-/m0/s1. The highest BCUT2D eigenvalue weighted by atomic mass is 16.6. The van der Waals surface area contributed by atoms with E-state index in [-0.39, 0.29) is 6.10 Å². The van der Waals surface area contributed by atoms with E-state index in [4.69, 9.17) is 13.9 Å². The van der Waals surface area contributed by atoms with E-state index in [0.717, 1.165) is 10.9 Å². The molecule has 1 atom stereocenters. The molecule has 0 fully saturated rings. The minimum absolute atomic E-state index is 0.347. The summed E-state index contributed by atoms with van der Waals surface area (Å²) in [4.78, 5) is 21.8. The lowest BCUT2D eigenvalue weighted by atomic mass is 9.90. The van der Waals surface area contributed by atoms with Gasteiger partial charge in [0.15, 0.2) is 0 Å². The molecule has 0 radical (unpaired) electrons. The van der Waals surface area contributed by atoms with Crippen molar-refractivity contribution in [3.63, 3.8) is 0 Å². The lowest BCUT2D eigenvalue weighted by Crippen LogP contribution is -2.47. The number of carbonyl (C=O) groups is 1. The monoisotopic (exact) mass is 274 g/mol. The summed E-state index contributed by atoms with van der Waals surface area (Å²) in [5.41, 5.74) is 0.394. The Morgan fingerprint density at radius 2 is 2.15 bits per heavy atom. The second-order valence-electron chi connectivity index (χ2n) is 5.38. The van der Waals surface area contributed by atoms with Gasteiger partial charge in [0.2, 0.25) is 0 Å². The van der Waals surface area contributed by atoms with Crippen LogP contribution in [0, 0.1) is 0 Å². The van der Waals surface area contributed by atoms with Crippen LogP contribution in [0.25, 0.3) is 11.0 Å². The molecule has 1 aliphatic heterocycles. The molecule has 104 valence electrons. The van der Waals surface area contributed by atoms with Gasteiger partial charge in [-0.25, -0.2) is 4.79 Å².